The van der Waals surface area contributed by atoms with E-state index in [1.807, 2.05) is 7.05 Å². The maximum Gasteiger partial charge on any atom is 0.227 e. The minimum absolute atomic E-state index is 0.00634. The monoisotopic (exact) mass is 377 g/mol. The summed E-state index contributed by atoms with van der Waals surface area (Å²) in [6.07, 6.45) is 4.26. The lowest BCUT2D eigenvalue weighted by Gasteiger charge is -2.19. The molecule has 0 radical (unpaired) electrons. The Hall–Kier alpha value is -2.73. The number of carbonyl (C=O) groups is 1. The van der Waals surface area contributed by atoms with Crippen LogP contribution in [0.2, 0.25) is 0 Å². The molecule has 4 rings (SSSR count). The second-order valence-electron chi connectivity index (χ2n) is 7.52. The number of anilines is 1. The number of piperidine rings is 1. The first kappa shape index (κ1) is 18.6. The molecule has 0 aliphatic carbocycles. The van der Waals surface area contributed by atoms with Crippen LogP contribution in [0.25, 0.3) is 10.8 Å². The second kappa shape index (κ2) is 8.52. The van der Waals surface area contributed by atoms with Crippen molar-refractivity contribution in [2.45, 2.75) is 38.0 Å². The van der Waals surface area contributed by atoms with E-state index < -0.39 is 0 Å². The molecule has 1 fully saturated rings. The molecule has 28 heavy (non-hydrogen) atoms. The summed E-state index contributed by atoms with van der Waals surface area (Å²) in [5.74, 6) is 1.76. The molecular weight excluding hydrogens is 350 g/mol. The summed E-state index contributed by atoms with van der Waals surface area (Å²) in [6.45, 7) is 2.00. The van der Waals surface area contributed by atoms with Gasteiger partial charge in [-0.3, -0.25) is 10.1 Å². The van der Waals surface area contributed by atoms with Gasteiger partial charge in [0.1, 0.15) is 0 Å². The molecule has 0 spiro atoms. The van der Waals surface area contributed by atoms with E-state index in [2.05, 4.69) is 63.2 Å². The Morgan fingerprint density at radius 1 is 1.18 bits per heavy atom. The van der Waals surface area contributed by atoms with Gasteiger partial charge in [0.05, 0.1) is 0 Å². The van der Waals surface area contributed by atoms with Crippen molar-refractivity contribution in [2.24, 2.45) is 7.05 Å². The van der Waals surface area contributed by atoms with E-state index in [-0.39, 0.29) is 5.91 Å². The molecule has 1 saturated heterocycles. The van der Waals surface area contributed by atoms with Gasteiger partial charge in [0, 0.05) is 19.4 Å². The number of aromatic nitrogens is 3. The molecule has 2 aromatic carbocycles. The number of rotatable bonds is 6. The summed E-state index contributed by atoms with van der Waals surface area (Å²) in [6, 6.07) is 14.8. The first-order chi connectivity index (χ1) is 13.7. The third kappa shape index (κ3) is 4.39. The fourth-order valence-corrected chi connectivity index (χ4v) is 3.80. The lowest BCUT2D eigenvalue weighted by Crippen LogP contribution is -2.27. The SMILES string of the molecule is Cn1nc(C2CCNCC2)nc1NC(=O)CCCc1ccc2ccccc2c1. The van der Waals surface area contributed by atoms with Gasteiger partial charge in [-0.25, -0.2) is 4.68 Å². The molecule has 0 unspecified atom stereocenters. The van der Waals surface area contributed by atoms with Crippen molar-refractivity contribution in [1.82, 2.24) is 20.1 Å². The molecular formula is C22H27N5O. The van der Waals surface area contributed by atoms with Crippen LogP contribution >= 0.6 is 0 Å². The fraction of sp³-hybridized carbons (Fsp3) is 0.409. The summed E-state index contributed by atoms with van der Waals surface area (Å²) in [7, 11) is 1.84. The Morgan fingerprint density at radius 2 is 1.96 bits per heavy atom. The molecule has 2 N–H and O–H groups in total. The molecule has 146 valence electrons. The van der Waals surface area contributed by atoms with Crippen molar-refractivity contribution < 1.29 is 4.79 Å². The molecule has 6 heteroatoms. The maximum absolute atomic E-state index is 12.4. The molecule has 2 heterocycles. The van der Waals surface area contributed by atoms with Crippen molar-refractivity contribution in [3.8, 4) is 0 Å². The lowest BCUT2D eigenvalue weighted by molar-refractivity contribution is -0.116. The van der Waals surface area contributed by atoms with Crippen LogP contribution < -0.4 is 10.6 Å². The number of hydrogen-bond acceptors (Lipinski definition) is 4. The minimum atomic E-state index is -0.00634. The normalized spacial score (nSPS) is 15.0. The number of amides is 1. The van der Waals surface area contributed by atoms with Crippen molar-refractivity contribution in [1.29, 1.82) is 0 Å². The standard InChI is InChI=1S/C22H27N5O/c1-27-22(25-21(26-27)18-11-13-23-14-12-18)24-20(28)8-4-5-16-9-10-17-6-2-3-7-19(17)15-16/h2-3,6-7,9-10,15,18,23H,4-5,8,11-14H2,1H3,(H,24,25,26,28). The van der Waals surface area contributed by atoms with E-state index in [1.165, 1.54) is 16.3 Å². The Labute approximate surface area is 165 Å². The lowest BCUT2D eigenvalue weighted by atomic mass is 9.98. The molecule has 1 aliphatic rings. The molecule has 0 atom stereocenters. The number of hydrogen-bond donors (Lipinski definition) is 2. The average Bonchev–Trinajstić information content (AvgIpc) is 3.09. The Bertz CT molecular complexity index is 958. The number of nitrogens with zero attached hydrogens (tertiary/aromatic N) is 3. The fourth-order valence-electron chi connectivity index (χ4n) is 3.80. The molecule has 1 amide bonds. The molecule has 1 aromatic heterocycles. The summed E-state index contributed by atoms with van der Waals surface area (Å²) >= 11 is 0. The summed E-state index contributed by atoms with van der Waals surface area (Å²) in [5.41, 5.74) is 1.26. The zero-order valence-corrected chi connectivity index (χ0v) is 16.3. The molecule has 0 bridgehead atoms. The minimum Gasteiger partial charge on any atom is -0.317 e. The molecule has 1 aliphatic heterocycles. The highest BCUT2D eigenvalue weighted by atomic mass is 16.1. The van der Waals surface area contributed by atoms with Gasteiger partial charge in [-0.05, 0) is 55.1 Å². The molecule has 0 saturated carbocycles. The first-order valence-corrected chi connectivity index (χ1v) is 10.1. The number of benzene rings is 2. The van der Waals surface area contributed by atoms with Crippen LogP contribution in [0, 0.1) is 0 Å². The van der Waals surface area contributed by atoms with Crippen LogP contribution in [-0.4, -0.2) is 33.8 Å². The van der Waals surface area contributed by atoms with Gasteiger partial charge in [0.2, 0.25) is 11.9 Å². The third-order valence-corrected chi connectivity index (χ3v) is 5.42. The third-order valence-electron chi connectivity index (χ3n) is 5.42. The van der Waals surface area contributed by atoms with E-state index in [1.54, 1.807) is 4.68 Å². The van der Waals surface area contributed by atoms with E-state index >= 15 is 0 Å². The van der Waals surface area contributed by atoms with Gasteiger partial charge in [-0.1, -0.05) is 42.5 Å². The Kier molecular flexibility index (Phi) is 5.67. The van der Waals surface area contributed by atoms with Crippen LogP contribution in [0.3, 0.4) is 0 Å². The van der Waals surface area contributed by atoms with Gasteiger partial charge in [0.15, 0.2) is 5.82 Å². The quantitative estimate of drug-likeness (QED) is 0.691. The number of carbonyl (C=O) groups excluding carboxylic acids is 1. The Balaban J connectivity index is 1.30. The highest BCUT2D eigenvalue weighted by molar-refractivity contribution is 5.89. The van der Waals surface area contributed by atoms with Crippen LogP contribution in [0.4, 0.5) is 5.95 Å². The summed E-state index contributed by atoms with van der Waals surface area (Å²) in [4.78, 5) is 16.9. The average molecular weight is 377 g/mol. The van der Waals surface area contributed by atoms with Crippen LogP contribution in [0.5, 0.6) is 0 Å². The first-order valence-electron chi connectivity index (χ1n) is 10.1. The highest BCUT2D eigenvalue weighted by Crippen LogP contribution is 2.23. The van der Waals surface area contributed by atoms with Gasteiger partial charge in [-0.15, -0.1) is 0 Å². The van der Waals surface area contributed by atoms with Crippen LogP contribution in [0.1, 0.15) is 43.0 Å². The van der Waals surface area contributed by atoms with E-state index in [4.69, 9.17) is 0 Å². The van der Waals surface area contributed by atoms with E-state index in [0.717, 1.165) is 44.6 Å². The molecule has 3 aromatic rings. The van der Waals surface area contributed by atoms with Gasteiger partial charge >= 0.3 is 0 Å². The number of fused-ring (bicyclic) bond motifs is 1. The summed E-state index contributed by atoms with van der Waals surface area (Å²) < 4.78 is 1.68. The number of aryl methyl sites for hydroxylation is 2. The Morgan fingerprint density at radius 3 is 2.79 bits per heavy atom. The van der Waals surface area contributed by atoms with Crippen molar-refractivity contribution in [2.75, 3.05) is 18.4 Å². The topological polar surface area (TPSA) is 71.8 Å². The van der Waals surface area contributed by atoms with Gasteiger partial charge in [-0.2, -0.15) is 10.1 Å². The smallest absolute Gasteiger partial charge is 0.227 e. The predicted molar refractivity (Wildman–Crippen MR) is 111 cm³/mol. The summed E-state index contributed by atoms with van der Waals surface area (Å²) in [5, 5.41) is 13.3. The van der Waals surface area contributed by atoms with Crippen molar-refractivity contribution in [3.63, 3.8) is 0 Å². The van der Waals surface area contributed by atoms with Crippen LogP contribution in [0.15, 0.2) is 42.5 Å². The van der Waals surface area contributed by atoms with Crippen molar-refractivity contribution in [3.05, 3.63) is 53.9 Å². The van der Waals surface area contributed by atoms with Crippen molar-refractivity contribution >= 4 is 22.6 Å². The zero-order valence-electron chi connectivity index (χ0n) is 16.3. The van der Waals surface area contributed by atoms with E-state index in [9.17, 15) is 4.79 Å². The number of nitrogens with one attached hydrogen (secondary N) is 2. The predicted octanol–water partition coefficient (Wildman–Crippen LogP) is 3.40. The highest BCUT2D eigenvalue weighted by Gasteiger charge is 2.21. The largest absolute Gasteiger partial charge is 0.317 e. The second-order valence-corrected chi connectivity index (χ2v) is 7.52. The maximum atomic E-state index is 12.4. The zero-order chi connectivity index (χ0) is 19.3. The van der Waals surface area contributed by atoms with Gasteiger partial charge in [0.25, 0.3) is 0 Å². The van der Waals surface area contributed by atoms with E-state index in [0.29, 0.717) is 18.3 Å². The van der Waals surface area contributed by atoms with Crippen LogP contribution in [-0.2, 0) is 18.3 Å². The molecule has 6 nitrogen and oxygen atoms in total. The van der Waals surface area contributed by atoms with Gasteiger partial charge < -0.3 is 5.32 Å².